The molecule has 4 rings (SSSR count). The number of hydrogen-bond acceptors (Lipinski definition) is 6. The molecule has 0 saturated carbocycles. The predicted molar refractivity (Wildman–Crippen MR) is 124 cm³/mol. The number of para-hydroxylation sites is 2. The minimum atomic E-state index is -3.86. The van der Waals surface area contributed by atoms with E-state index in [1.807, 2.05) is 0 Å². The molecule has 1 aliphatic heterocycles. The normalized spacial score (nSPS) is 15.3. The van der Waals surface area contributed by atoms with Crippen LogP contribution in [0, 0.1) is 10.1 Å². The fraction of sp³-hybridized carbons (Fsp3) is 0.136. The van der Waals surface area contributed by atoms with Gasteiger partial charge in [0.05, 0.1) is 33.6 Å². The lowest BCUT2D eigenvalue weighted by Gasteiger charge is -2.34. The van der Waals surface area contributed by atoms with Crippen LogP contribution in [0.1, 0.15) is 5.56 Å². The Morgan fingerprint density at radius 2 is 1.82 bits per heavy atom. The smallest absolute Gasteiger partial charge is 0.271 e. The van der Waals surface area contributed by atoms with Gasteiger partial charge in [-0.3, -0.25) is 19.2 Å². The van der Waals surface area contributed by atoms with E-state index in [1.165, 1.54) is 12.1 Å². The number of sulfonamides is 1. The Balaban J connectivity index is 1.62. The summed E-state index contributed by atoms with van der Waals surface area (Å²) in [5, 5.41) is 13.6. The lowest BCUT2D eigenvalue weighted by molar-refractivity contribution is -0.384. The van der Waals surface area contributed by atoms with Crippen LogP contribution < -0.4 is 14.4 Å². The first-order valence-electron chi connectivity index (χ1n) is 9.79. The summed E-state index contributed by atoms with van der Waals surface area (Å²) in [6, 6.07) is 18.8. The SMILES string of the molecule is O=C(Nc1cc([N+](=O)[O-])ccc1Cl)C1CN(S(=O)(=O)Cc2ccccc2)c2ccccc2O1. The molecule has 0 radical (unpaired) electrons. The van der Waals surface area contributed by atoms with Crippen LogP contribution in [0.4, 0.5) is 17.1 Å². The molecule has 0 aliphatic carbocycles. The number of rotatable bonds is 6. The van der Waals surface area contributed by atoms with Crippen molar-refractivity contribution in [3.63, 3.8) is 0 Å². The first-order chi connectivity index (χ1) is 15.7. The number of nitro groups is 1. The molecule has 0 spiro atoms. The molecule has 3 aromatic carbocycles. The summed E-state index contributed by atoms with van der Waals surface area (Å²) in [7, 11) is -3.86. The van der Waals surface area contributed by atoms with Gasteiger partial charge in [0.2, 0.25) is 10.0 Å². The van der Waals surface area contributed by atoms with Crippen molar-refractivity contribution in [1.29, 1.82) is 0 Å². The Hall–Kier alpha value is -3.63. The van der Waals surface area contributed by atoms with Crippen LogP contribution in [0.3, 0.4) is 0 Å². The topological polar surface area (TPSA) is 119 Å². The van der Waals surface area contributed by atoms with Gasteiger partial charge in [-0.2, -0.15) is 0 Å². The molecule has 9 nitrogen and oxygen atoms in total. The molecule has 33 heavy (non-hydrogen) atoms. The summed E-state index contributed by atoms with van der Waals surface area (Å²) in [6.45, 7) is -0.273. The number of ether oxygens (including phenoxy) is 1. The van der Waals surface area contributed by atoms with E-state index in [-0.39, 0.29) is 34.4 Å². The van der Waals surface area contributed by atoms with Gasteiger partial charge in [0.15, 0.2) is 6.10 Å². The van der Waals surface area contributed by atoms with Crippen LogP contribution in [0.2, 0.25) is 5.02 Å². The maximum Gasteiger partial charge on any atom is 0.271 e. The van der Waals surface area contributed by atoms with Gasteiger partial charge < -0.3 is 10.1 Å². The molecule has 1 N–H and O–H groups in total. The Labute approximate surface area is 194 Å². The number of nitro benzene ring substituents is 1. The quantitative estimate of drug-likeness (QED) is 0.415. The van der Waals surface area contributed by atoms with Crippen molar-refractivity contribution in [2.75, 3.05) is 16.2 Å². The fourth-order valence-corrected chi connectivity index (χ4v) is 5.15. The molecule has 0 aromatic heterocycles. The van der Waals surface area contributed by atoms with E-state index in [2.05, 4.69) is 5.32 Å². The van der Waals surface area contributed by atoms with Gasteiger partial charge in [-0.1, -0.05) is 54.1 Å². The van der Waals surface area contributed by atoms with E-state index >= 15 is 0 Å². The highest BCUT2D eigenvalue weighted by Crippen LogP contribution is 2.36. The number of carbonyl (C=O) groups excluding carboxylic acids is 1. The molecule has 1 heterocycles. The standard InChI is InChI=1S/C22H18ClN3O6S/c23-17-11-10-16(26(28)29)12-18(17)24-22(27)21-13-25(19-8-4-5-9-20(19)32-21)33(30,31)14-15-6-2-1-3-7-15/h1-12,21H,13-14H2,(H,24,27). The van der Waals surface area contributed by atoms with Gasteiger partial charge >= 0.3 is 0 Å². The van der Waals surface area contributed by atoms with Crippen molar-refractivity contribution < 1.29 is 22.9 Å². The summed E-state index contributed by atoms with van der Waals surface area (Å²) in [5.41, 5.74) is 0.699. The highest BCUT2D eigenvalue weighted by Gasteiger charge is 2.37. The highest BCUT2D eigenvalue weighted by atomic mass is 35.5. The van der Waals surface area contributed by atoms with Crippen LogP contribution in [-0.4, -0.2) is 31.9 Å². The average molecular weight is 488 g/mol. The molecule has 11 heteroatoms. The minimum absolute atomic E-state index is 0.0250. The minimum Gasteiger partial charge on any atom is -0.476 e. The van der Waals surface area contributed by atoms with Gasteiger partial charge in [0.1, 0.15) is 5.75 Å². The number of carbonyl (C=O) groups is 1. The molecular formula is C22H18ClN3O6S. The zero-order chi connectivity index (χ0) is 23.6. The number of benzene rings is 3. The first-order valence-corrected chi connectivity index (χ1v) is 11.8. The van der Waals surface area contributed by atoms with E-state index in [4.69, 9.17) is 16.3 Å². The Morgan fingerprint density at radius 3 is 2.55 bits per heavy atom. The van der Waals surface area contributed by atoms with Crippen molar-refractivity contribution in [1.82, 2.24) is 0 Å². The van der Waals surface area contributed by atoms with Crippen LogP contribution in [0.15, 0.2) is 72.8 Å². The summed E-state index contributed by atoms with van der Waals surface area (Å²) in [4.78, 5) is 23.4. The molecule has 3 aromatic rings. The summed E-state index contributed by atoms with van der Waals surface area (Å²) >= 11 is 6.07. The largest absolute Gasteiger partial charge is 0.476 e. The van der Waals surface area contributed by atoms with Crippen molar-refractivity contribution >= 4 is 44.6 Å². The second kappa shape index (κ2) is 9.08. The van der Waals surface area contributed by atoms with Crippen molar-refractivity contribution in [2.45, 2.75) is 11.9 Å². The van der Waals surface area contributed by atoms with E-state index in [0.29, 0.717) is 11.3 Å². The molecule has 0 fully saturated rings. The van der Waals surface area contributed by atoms with Crippen molar-refractivity contribution in [3.05, 3.63) is 93.5 Å². The van der Waals surface area contributed by atoms with E-state index in [9.17, 15) is 23.3 Å². The molecule has 1 atom stereocenters. The van der Waals surface area contributed by atoms with Crippen LogP contribution in [-0.2, 0) is 20.6 Å². The summed E-state index contributed by atoms with van der Waals surface area (Å²) in [5.74, 6) is -0.717. The third-order valence-corrected chi connectivity index (χ3v) is 7.02. The molecule has 1 aliphatic rings. The number of nitrogens with one attached hydrogen (secondary N) is 1. The van der Waals surface area contributed by atoms with Gasteiger partial charge in [-0.05, 0) is 23.8 Å². The van der Waals surface area contributed by atoms with Crippen molar-refractivity contribution in [2.24, 2.45) is 0 Å². The second-order valence-corrected chi connectivity index (χ2v) is 9.56. The number of non-ortho nitro benzene ring substituents is 1. The predicted octanol–water partition coefficient (Wildman–Crippen LogP) is 3.98. The molecule has 1 amide bonds. The van der Waals surface area contributed by atoms with Crippen LogP contribution in [0.25, 0.3) is 0 Å². The summed E-state index contributed by atoms with van der Waals surface area (Å²) in [6.07, 6.45) is -1.21. The molecule has 1 unspecified atom stereocenters. The van der Waals surface area contributed by atoms with Gasteiger partial charge in [0.25, 0.3) is 11.6 Å². The van der Waals surface area contributed by atoms with Crippen molar-refractivity contribution in [3.8, 4) is 5.75 Å². The molecule has 0 saturated heterocycles. The average Bonchev–Trinajstić information content (AvgIpc) is 2.80. The third kappa shape index (κ3) is 4.91. The monoisotopic (exact) mass is 487 g/mol. The lowest BCUT2D eigenvalue weighted by Crippen LogP contribution is -2.49. The number of nitrogens with zero attached hydrogens (tertiary/aromatic N) is 2. The zero-order valence-electron chi connectivity index (χ0n) is 17.0. The number of halogens is 1. The van der Waals surface area contributed by atoms with Crippen LogP contribution >= 0.6 is 11.6 Å². The van der Waals surface area contributed by atoms with Gasteiger partial charge in [0, 0.05) is 12.1 Å². The Bertz CT molecular complexity index is 1320. The highest BCUT2D eigenvalue weighted by molar-refractivity contribution is 7.92. The maximum absolute atomic E-state index is 13.3. The van der Waals surface area contributed by atoms with E-state index in [1.54, 1.807) is 54.6 Å². The first kappa shape index (κ1) is 22.6. The lowest BCUT2D eigenvalue weighted by atomic mass is 10.2. The Morgan fingerprint density at radius 1 is 1.12 bits per heavy atom. The van der Waals surface area contributed by atoms with Gasteiger partial charge in [-0.15, -0.1) is 0 Å². The Kier molecular flexibility index (Phi) is 6.21. The number of hydrogen-bond donors (Lipinski definition) is 1. The molecule has 170 valence electrons. The van der Waals surface area contributed by atoms with E-state index in [0.717, 1.165) is 10.4 Å². The third-order valence-electron chi connectivity index (χ3n) is 4.97. The molecule has 0 bridgehead atoms. The fourth-order valence-electron chi connectivity index (χ4n) is 3.40. The number of anilines is 2. The van der Waals surface area contributed by atoms with Gasteiger partial charge in [-0.25, -0.2) is 8.42 Å². The second-order valence-electron chi connectivity index (χ2n) is 7.26. The summed E-state index contributed by atoms with van der Waals surface area (Å²) < 4.78 is 33.4. The number of amides is 1. The molecular weight excluding hydrogens is 470 g/mol. The maximum atomic E-state index is 13.3. The van der Waals surface area contributed by atoms with Crippen LogP contribution in [0.5, 0.6) is 5.75 Å². The zero-order valence-corrected chi connectivity index (χ0v) is 18.6. The van der Waals surface area contributed by atoms with E-state index < -0.39 is 27.0 Å². The number of fused-ring (bicyclic) bond motifs is 1.